The third-order valence-electron chi connectivity index (χ3n) is 4.04. The Morgan fingerprint density at radius 2 is 1.73 bits per heavy atom. The predicted octanol–water partition coefficient (Wildman–Crippen LogP) is 2.03. The monoisotopic (exact) mass is 365 g/mol. The Kier molecular flexibility index (Phi) is 4.33. The molecule has 0 unspecified atom stereocenters. The van der Waals surface area contributed by atoms with Crippen molar-refractivity contribution in [3.8, 4) is 11.1 Å². The Morgan fingerprint density at radius 1 is 1.04 bits per heavy atom. The fourth-order valence-corrected chi connectivity index (χ4v) is 2.77. The zero-order valence-corrected chi connectivity index (χ0v) is 13.3. The molecule has 134 valence electrons. The number of hydrogen-bond donors (Lipinski definition) is 3. The van der Waals surface area contributed by atoms with Crippen LogP contribution in [-0.4, -0.2) is 27.4 Å². The van der Waals surface area contributed by atoms with E-state index in [1.807, 2.05) is 0 Å². The standard InChI is InChI=1S/C16H12BF4N3O2/c1-7-10-6-8(2-3-9(10)15(22)24-23-7)13-11(16(19,20)21)4-5-12(14(13)18)17(25)26/h2-6,25-26H,1H3,(H2,22,24). The fraction of sp³-hybridized carbons (Fsp3) is 0.125. The number of alkyl halides is 3. The van der Waals surface area contributed by atoms with Gasteiger partial charge in [-0.1, -0.05) is 12.1 Å². The van der Waals surface area contributed by atoms with Crippen LogP contribution in [0.25, 0.3) is 21.9 Å². The Morgan fingerprint density at radius 3 is 2.35 bits per heavy atom. The van der Waals surface area contributed by atoms with E-state index >= 15 is 0 Å². The topological polar surface area (TPSA) is 92.3 Å². The molecule has 0 radical (unpaired) electrons. The number of fused-ring (bicyclic) bond motifs is 1. The number of benzene rings is 2. The third kappa shape index (κ3) is 2.97. The minimum absolute atomic E-state index is 0.0909. The molecule has 1 aromatic heterocycles. The molecule has 0 spiro atoms. The van der Waals surface area contributed by atoms with Crippen LogP contribution in [0, 0.1) is 12.7 Å². The van der Waals surface area contributed by atoms with Gasteiger partial charge in [-0.25, -0.2) is 4.39 Å². The third-order valence-corrected chi connectivity index (χ3v) is 4.04. The normalized spacial score (nSPS) is 11.8. The minimum Gasteiger partial charge on any atom is -0.423 e. The predicted molar refractivity (Wildman–Crippen MR) is 88.9 cm³/mol. The Labute approximate surface area is 145 Å². The van der Waals surface area contributed by atoms with Crippen molar-refractivity contribution in [1.29, 1.82) is 0 Å². The molecule has 26 heavy (non-hydrogen) atoms. The van der Waals surface area contributed by atoms with Crippen molar-refractivity contribution < 1.29 is 27.6 Å². The van der Waals surface area contributed by atoms with E-state index in [-0.39, 0.29) is 11.4 Å². The molecule has 0 amide bonds. The maximum absolute atomic E-state index is 14.7. The quantitative estimate of drug-likeness (QED) is 0.478. The molecule has 0 fully saturated rings. The first-order chi connectivity index (χ1) is 12.1. The number of anilines is 1. The van der Waals surface area contributed by atoms with Crippen LogP contribution in [-0.2, 0) is 6.18 Å². The average Bonchev–Trinajstić information content (AvgIpc) is 2.56. The van der Waals surface area contributed by atoms with Gasteiger partial charge in [-0.15, -0.1) is 5.10 Å². The summed E-state index contributed by atoms with van der Waals surface area (Å²) in [5.41, 5.74) is 3.36. The summed E-state index contributed by atoms with van der Waals surface area (Å²) in [4.78, 5) is 0. The summed E-state index contributed by atoms with van der Waals surface area (Å²) in [7, 11) is -2.25. The summed E-state index contributed by atoms with van der Waals surface area (Å²) in [6.07, 6.45) is -4.84. The summed E-state index contributed by atoms with van der Waals surface area (Å²) in [6.45, 7) is 1.59. The molecule has 0 aliphatic heterocycles. The van der Waals surface area contributed by atoms with Gasteiger partial charge in [-0.3, -0.25) is 0 Å². The molecule has 5 nitrogen and oxygen atoms in total. The number of aryl methyl sites for hydroxylation is 1. The lowest BCUT2D eigenvalue weighted by atomic mass is 9.77. The van der Waals surface area contributed by atoms with Gasteiger partial charge in [0.1, 0.15) is 5.82 Å². The molecule has 0 aliphatic rings. The highest BCUT2D eigenvalue weighted by Gasteiger charge is 2.37. The highest BCUT2D eigenvalue weighted by molar-refractivity contribution is 6.58. The van der Waals surface area contributed by atoms with Gasteiger partial charge in [0.15, 0.2) is 5.82 Å². The van der Waals surface area contributed by atoms with Crippen molar-refractivity contribution in [3.05, 3.63) is 47.4 Å². The lowest BCUT2D eigenvalue weighted by molar-refractivity contribution is -0.137. The minimum atomic E-state index is -4.84. The van der Waals surface area contributed by atoms with E-state index in [0.29, 0.717) is 28.6 Å². The van der Waals surface area contributed by atoms with E-state index in [9.17, 15) is 27.6 Å². The molecule has 4 N–H and O–H groups in total. The molecule has 0 atom stereocenters. The maximum atomic E-state index is 14.7. The summed E-state index contributed by atoms with van der Waals surface area (Å²) < 4.78 is 54.8. The van der Waals surface area contributed by atoms with E-state index in [1.54, 1.807) is 6.92 Å². The highest BCUT2D eigenvalue weighted by atomic mass is 19.4. The molecular formula is C16H12BF4N3O2. The van der Waals surface area contributed by atoms with Gasteiger partial charge in [0.2, 0.25) is 0 Å². The van der Waals surface area contributed by atoms with Crippen LogP contribution in [0.5, 0.6) is 0 Å². The molecule has 0 aliphatic carbocycles. The smallest absolute Gasteiger partial charge is 0.423 e. The second-order valence-electron chi connectivity index (χ2n) is 5.69. The van der Waals surface area contributed by atoms with E-state index in [4.69, 9.17) is 5.73 Å². The molecular weight excluding hydrogens is 353 g/mol. The lowest BCUT2D eigenvalue weighted by Gasteiger charge is -2.17. The van der Waals surface area contributed by atoms with Crippen LogP contribution in [0.2, 0.25) is 0 Å². The van der Waals surface area contributed by atoms with Crippen LogP contribution < -0.4 is 11.2 Å². The van der Waals surface area contributed by atoms with Gasteiger partial charge in [0.05, 0.1) is 11.3 Å². The van der Waals surface area contributed by atoms with Crippen molar-refractivity contribution in [3.63, 3.8) is 0 Å². The number of aromatic nitrogens is 2. The van der Waals surface area contributed by atoms with Gasteiger partial charge in [-0.05, 0) is 30.7 Å². The van der Waals surface area contributed by atoms with E-state index in [2.05, 4.69) is 10.2 Å². The average molecular weight is 365 g/mol. The molecule has 1 heterocycles. The second kappa shape index (κ2) is 6.22. The van der Waals surface area contributed by atoms with E-state index < -0.39 is 35.7 Å². The summed E-state index contributed by atoms with van der Waals surface area (Å²) >= 11 is 0. The molecule has 0 bridgehead atoms. The molecule has 3 aromatic rings. The number of nitrogens with zero attached hydrogens (tertiary/aromatic N) is 2. The van der Waals surface area contributed by atoms with Gasteiger partial charge in [-0.2, -0.15) is 18.3 Å². The molecule has 0 saturated heterocycles. The fourth-order valence-electron chi connectivity index (χ4n) is 2.77. The van der Waals surface area contributed by atoms with Gasteiger partial charge in [0, 0.05) is 21.8 Å². The number of hydrogen-bond acceptors (Lipinski definition) is 5. The van der Waals surface area contributed by atoms with Crippen LogP contribution in [0.1, 0.15) is 11.3 Å². The SMILES string of the molecule is Cc1nnc(N)c2ccc(-c3c(C(F)(F)F)ccc(B(O)O)c3F)cc12. The summed E-state index contributed by atoms with van der Waals surface area (Å²) in [5.74, 6) is -1.27. The first-order valence-electron chi connectivity index (χ1n) is 7.40. The first-order valence-corrected chi connectivity index (χ1v) is 7.40. The summed E-state index contributed by atoms with van der Waals surface area (Å²) in [5, 5.41) is 26.9. The van der Waals surface area contributed by atoms with Crippen LogP contribution in [0.3, 0.4) is 0 Å². The van der Waals surface area contributed by atoms with Crippen molar-refractivity contribution >= 4 is 29.2 Å². The van der Waals surface area contributed by atoms with Gasteiger partial charge in [0.25, 0.3) is 0 Å². The van der Waals surface area contributed by atoms with Crippen molar-refractivity contribution in [2.24, 2.45) is 0 Å². The Hall–Kier alpha value is -2.72. The molecule has 2 aromatic carbocycles. The van der Waals surface area contributed by atoms with Crippen LogP contribution >= 0.6 is 0 Å². The number of halogens is 4. The zero-order chi connectivity index (χ0) is 19.2. The van der Waals surface area contributed by atoms with Gasteiger partial charge >= 0.3 is 13.3 Å². The van der Waals surface area contributed by atoms with E-state index in [0.717, 1.165) is 0 Å². The van der Waals surface area contributed by atoms with Crippen molar-refractivity contribution in [1.82, 2.24) is 10.2 Å². The largest absolute Gasteiger partial charge is 0.491 e. The Balaban J connectivity index is 2.37. The van der Waals surface area contributed by atoms with Crippen LogP contribution in [0.4, 0.5) is 23.4 Å². The van der Waals surface area contributed by atoms with Gasteiger partial charge < -0.3 is 15.8 Å². The summed E-state index contributed by atoms with van der Waals surface area (Å²) in [6, 6.07) is 5.31. The number of nitrogens with two attached hydrogens (primary N) is 1. The zero-order valence-electron chi connectivity index (χ0n) is 13.3. The van der Waals surface area contributed by atoms with E-state index in [1.165, 1.54) is 18.2 Å². The maximum Gasteiger partial charge on any atom is 0.491 e. The van der Waals surface area contributed by atoms with Crippen molar-refractivity contribution in [2.45, 2.75) is 13.1 Å². The molecule has 10 heteroatoms. The molecule has 3 rings (SSSR count). The number of rotatable bonds is 2. The molecule has 0 saturated carbocycles. The van der Waals surface area contributed by atoms with Crippen molar-refractivity contribution in [2.75, 3.05) is 5.73 Å². The highest BCUT2D eigenvalue weighted by Crippen LogP contribution is 2.39. The lowest BCUT2D eigenvalue weighted by Crippen LogP contribution is -2.34. The van der Waals surface area contributed by atoms with Crippen LogP contribution in [0.15, 0.2) is 30.3 Å². The number of nitrogen functional groups attached to an aromatic ring is 1. The second-order valence-corrected chi connectivity index (χ2v) is 5.69. The Bertz CT molecular complexity index is 1010. The first kappa shape index (κ1) is 18.1.